The third-order valence-corrected chi connectivity index (χ3v) is 2.68. The van der Waals surface area contributed by atoms with Crippen LogP contribution in [0, 0.1) is 11.3 Å². The van der Waals surface area contributed by atoms with Crippen molar-refractivity contribution >= 4 is 21.7 Å². The lowest BCUT2D eigenvalue weighted by Gasteiger charge is -2.16. The molecule has 0 fully saturated rings. The molecule has 1 rings (SSSR count). The number of nitriles is 1. The molecular formula is C11H10BrNO2. The van der Waals surface area contributed by atoms with Gasteiger partial charge in [-0.05, 0) is 0 Å². The average Bonchev–Trinajstić information content (AvgIpc) is 2.29. The molecule has 0 saturated carbocycles. The number of halogens is 1. The molecule has 0 aromatic heterocycles. The predicted molar refractivity (Wildman–Crippen MR) is 59.9 cm³/mol. The highest BCUT2D eigenvalue weighted by Crippen LogP contribution is 2.23. The number of benzene rings is 1. The molecule has 0 heterocycles. The second-order valence-corrected chi connectivity index (χ2v) is 4.39. The zero-order valence-electron chi connectivity index (χ0n) is 8.24. The van der Waals surface area contributed by atoms with Crippen LogP contribution in [0.25, 0.3) is 0 Å². The molecule has 4 heteroatoms. The molecule has 0 aliphatic rings. The molecule has 0 radical (unpaired) electrons. The first-order valence-corrected chi connectivity index (χ1v) is 5.12. The maximum absolute atomic E-state index is 11.9. The second-order valence-electron chi connectivity index (χ2n) is 3.04. The Labute approximate surface area is 96.8 Å². The van der Waals surface area contributed by atoms with Gasteiger partial charge in [-0.15, -0.1) is 0 Å². The SMILES string of the molecule is COCC(Br)(C#N)C(=O)c1ccccc1. The third-order valence-electron chi connectivity index (χ3n) is 1.92. The number of methoxy groups -OCH3 is 1. The van der Waals surface area contributed by atoms with E-state index in [0.29, 0.717) is 5.56 Å². The van der Waals surface area contributed by atoms with Gasteiger partial charge in [-0.1, -0.05) is 46.3 Å². The van der Waals surface area contributed by atoms with Crippen molar-refractivity contribution < 1.29 is 9.53 Å². The van der Waals surface area contributed by atoms with Gasteiger partial charge in [-0.3, -0.25) is 4.79 Å². The van der Waals surface area contributed by atoms with Gasteiger partial charge in [-0.25, -0.2) is 0 Å². The maximum atomic E-state index is 11.9. The zero-order valence-corrected chi connectivity index (χ0v) is 9.82. The fourth-order valence-corrected chi connectivity index (χ4v) is 1.62. The highest BCUT2D eigenvalue weighted by atomic mass is 79.9. The van der Waals surface area contributed by atoms with E-state index >= 15 is 0 Å². The molecule has 78 valence electrons. The molecule has 0 aliphatic heterocycles. The standard InChI is InChI=1S/C11H10BrNO2/c1-15-8-11(12,7-13)10(14)9-5-3-2-4-6-9/h2-6H,8H2,1H3. The van der Waals surface area contributed by atoms with Crippen LogP contribution in [0.4, 0.5) is 0 Å². The maximum Gasteiger partial charge on any atom is 0.197 e. The van der Waals surface area contributed by atoms with E-state index in [-0.39, 0.29) is 12.4 Å². The summed E-state index contributed by atoms with van der Waals surface area (Å²) in [6, 6.07) is 10.6. The van der Waals surface area contributed by atoms with Crippen LogP contribution < -0.4 is 0 Å². The number of alkyl halides is 1. The summed E-state index contributed by atoms with van der Waals surface area (Å²) in [5.41, 5.74) is 0.493. The molecule has 1 unspecified atom stereocenters. The summed E-state index contributed by atoms with van der Waals surface area (Å²) in [6.45, 7) is 0.0250. The Hall–Kier alpha value is -1.18. The Balaban J connectivity index is 2.98. The molecule has 0 amide bonds. The lowest BCUT2D eigenvalue weighted by atomic mass is 9.99. The molecule has 1 atom stereocenters. The number of ether oxygens (including phenoxy) is 1. The van der Waals surface area contributed by atoms with Crippen molar-refractivity contribution in [1.29, 1.82) is 5.26 Å². The molecule has 1 aromatic carbocycles. The van der Waals surface area contributed by atoms with Gasteiger partial charge in [0.1, 0.15) is 0 Å². The molecule has 1 aromatic rings. The highest BCUT2D eigenvalue weighted by molar-refractivity contribution is 9.10. The first kappa shape index (κ1) is 11.9. The van der Waals surface area contributed by atoms with Crippen LogP contribution in [0.1, 0.15) is 10.4 Å². The van der Waals surface area contributed by atoms with Crippen LogP contribution in [0.3, 0.4) is 0 Å². The fourth-order valence-electron chi connectivity index (χ4n) is 1.17. The van der Waals surface area contributed by atoms with Crippen LogP contribution in [-0.2, 0) is 4.74 Å². The first-order chi connectivity index (χ1) is 7.14. The van der Waals surface area contributed by atoms with Crippen LogP contribution in [0.2, 0.25) is 0 Å². The van der Waals surface area contributed by atoms with Crippen molar-refractivity contribution in [3.8, 4) is 6.07 Å². The van der Waals surface area contributed by atoms with Crippen molar-refractivity contribution in [2.24, 2.45) is 0 Å². The number of hydrogen-bond donors (Lipinski definition) is 0. The molecular weight excluding hydrogens is 258 g/mol. The van der Waals surface area contributed by atoms with E-state index in [1.807, 2.05) is 12.1 Å². The monoisotopic (exact) mass is 267 g/mol. The number of hydrogen-bond acceptors (Lipinski definition) is 3. The minimum atomic E-state index is -1.29. The van der Waals surface area contributed by atoms with Crippen molar-refractivity contribution in [2.75, 3.05) is 13.7 Å². The van der Waals surface area contributed by atoms with Gasteiger partial charge in [0.05, 0.1) is 12.7 Å². The van der Waals surface area contributed by atoms with Gasteiger partial charge < -0.3 is 4.74 Å². The van der Waals surface area contributed by atoms with Crippen LogP contribution in [0.15, 0.2) is 30.3 Å². The van der Waals surface area contributed by atoms with E-state index in [1.165, 1.54) is 7.11 Å². The third kappa shape index (κ3) is 2.65. The van der Waals surface area contributed by atoms with Crippen molar-refractivity contribution in [1.82, 2.24) is 0 Å². The summed E-state index contributed by atoms with van der Waals surface area (Å²) < 4.78 is 3.56. The smallest absolute Gasteiger partial charge is 0.197 e. The Bertz CT molecular complexity index is 385. The van der Waals surface area contributed by atoms with E-state index in [9.17, 15) is 4.79 Å². The fraction of sp³-hybridized carbons (Fsp3) is 0.273. The minimum Gasteiger partial charge on any atom is -0.382 e. The molecule has 0 saturated heterocycles. The lowest BCUT2D eigenvalue weighted by Crippen LogP contribution is -2.35. The topological polar surface area (TPSA) is 50.1 Å². The number of ketones is 1. The summed E-state index contributed by atoms with van der Waals surface area (Å²) in [4.78, 5) is 11.9. The molecule has 0 bridgehead atoms. The van der Waals surface area contributed by atoms with Gasteiger partial charge >= 0.3 is 0 Å². The largest absolute Gasteiger partial charge is 0.382 e. The van der Waals surface area contributed by atoms with E-state index in [0.717, 1.165) is 0 Å². The Morgan fingerprint density at radius 1 is 1.53 bits per heavy atom. The summed E-state index contributed by atoms with van der Waals surface area (Å²) in [5, 5.41) is 8.95. The summed E-state index contributed by atoms with van der Waals surface area (Å²) >= 11 is 3.11. The zero-order chi connectivity index (χ0) is 11.3. The van der Waals surface area contributed by atoms with Crippen LogP contribution >= 0.6 is 15.9 Å². The van der Waals surface area contributed by atoms with Crippen LogP contribution in [-0.4, -0.2) is 23.8 Å². The van der Waals surface area contributed by atoms with Gasteiger partial charge in [-0.2, -0.15) is 5.26 Å². The van der Waals surface area contributed by atoms with E-state index in [4.69, 9.17) is 10.00 Å². The Kier molecular flexibility index (Phi) is 4.01. The molecule has 0 spiro atoms. The predicted octanol–water partition coefficient (Wildman–Crippen LogP) is 2.17. The second kappa shape index (κ2) is 5.06. The van der Waals surface area contributed by atoms with Crippen LogP contribution in [0.5, 0.6) is 0 Å². The Morgan fingerprint density at radius 2 is 2.13 bits per heavy atom. The summed E-state index contributed by atoms with van der Waals surface area (Å²) in [5.74, 6) is -0.285. The number of Topliss-reactive ketones (excluding diaryl/α,β-unsaturated/α-hetero) is 1. The molecule has 3 nitrogen and oxygen atoms in total. The lowest BCUT2D eigenvalue weighted by molar-refractivity contribution is 0.0906. The quantitative estimate of drug-likeness (QED) is 0.621. The normalized spacial score (nSPS) is 13.9. The first-order valence-electron chi connectivity index (χ1n) is 4.33. The summed E-state index contributed by atoms with van der Waals surface area (Å²) in [7, 11) is 1.45. The van der Waals surface area contributed by atoms with Gasteiger partial charge in [0.25, 0.3) is 0 Å². The number of carbonyl (C=O) groups is 1. The molecule has 0 N–H and O–H groups in total. The Morgan fingerprint density at radius 3 is 2.60 bits per heavy atom. The van der Waals surface area contributed by atoms with Gasteiger partial charge in [0.2, 0.25) is 0 Å². The number of rotatable bonds is 4. The minimum absolute atomic E-state index is 0.0250. The van der Waals surface area contributed by atoms with Crippen molar-refractivity contribution in [3.05, 3.63) is 35.9 Å². The van der Waals surface area contributed by atoms with Gasteiger partial charge in [0.15, 0.2) is 10.1 Å². The highest BCUT2D eigenvalue weighted by Gasteiger charge is 2.36. The van der Waals surface area contributed by atoms with Crippen molar-refractivity contribution in [2.45, 2.75) is 4.32 Å². The van der Waals surface area contributed by atoms with Crippen molar-refractivity contribution in [3.63, 3.8) is 0 Å². The van der Waals surface area contributed by atoms with E-state index < -0.39 is 4.32 Å². The van der Waals surface area contributed by atoms with Gasteiger partial charge in [0, 0.05) is 12.7 Å². The molecule has 15 heavy (non-hydrogen) atoms. The van der Waals surface area contributed by atoms with E-state index in [2.05, 4.69) is 15.9 Å². The molecule has 0 aliphatic carbocycles. The summed E-state index contributed by atoms with van der Waals surface area (Å²) in [6.07, 6.45) is 0. The number of nitrogens with zero attached hydrogens (tertiary/aromatic N) is 1. The van der Waals surface area contributed by atoms with E-state index in [1.54, 1.807) is 24.3 Å². The number of carbonyl (C=O) groups excluding carboxylic acids is 1. The average molecular weight is 268 g/mol.